The Kier molecular flexibility index (Phi) is 4.24. The van der Waals surface area contributed by atoms with E-state index in [2.05, 4.69) is 24.1 Å². The molecule has 2 unspecified atom stereocenters. The Balaban J connectivity index is 1.94. The molecule has 0 bridgehead atoms. The van der Waals surface area contributed by atoms with Crippen LogP contribution in [0.15, 0.2) is 18.3 Å². The van der Waals surface area contributed by atoms with Gasteiger partial charge in [0.25, 0.3) is 0 Å². The average Bonchev–Trinajstić information content (AvgIpc) is 2.29. The molecule has 4 heteroatoms. The van der Waals surface area contributed by atoms with Crippen LogP contribution in [-0.2, 0) is 4.74 Å². The summed E-state index contributed by atoms with van der Waals surface area (Å²) >= 11 is 5.87. The van der Waals surface area contributed by atoms with Crippen LogP contribution in [0.25, 0.3) is 0 Å². The fourth-order valence-electron chi connectivity index (χ4n) is 2.15. The average molecular weight is 255 g/mol. The van der Waals surface area contributed by atoms with Gasteiger partial charge in [-0.3, -0.25) is 0 Å². The summed E-state index contributed by atoms with van der Waals surface area (Å²) in [7, 11) is 0. The van der Waals surface area contributed by atoms with Crippen molar-refractivity contribution in [3.8, 4) is 0 Å². The topological polar surface area (TPSA) is 34.2 Å². The summed E-state index contributed by atoms with van der Waals surface area (Å²) in [5.74, 6) is 0.570. The molecule has 2 heterocycles. The van der Waals surface area contributed by atoms with Gasteiger partial charge >= 0.3 is 0 Å². The van der Waals surface area contributed by atoms with E-state index < -0.39 is 0 Å². The van der Waals surface area contributed by atoms with Gasteiger partial charge in [0.15, 0.2) is 0 Å². The molecule has 0 aromatic carbocycles. The molecule has 0 saturated carbocycles. The van der Waals surface area contributed by atoms with Crippen molar-refractivity contribution in [2.75, 3.05) is 11.9 Å². The van der Waals surface area contributed by atoms with Gasteiger partial charge in [0, 0.05) is 24.5 Å². The fraction of sp³-hybridized carbons (Fsp3) is 0.615. The second-order valence-electron chi connectivity index (χ2n) is 4.89. The van der Waals surface area contributed by atoms with E-state index in [1.165, 1.54) is 0 Å². The van der Waals surface area contributed by atoms with Crippen molar-refractivity contribution in [3.63, 3.8) is 0 Å². The van der Waals surface area contributed by atoms with E-state index in [1.54, 1.807) is 6.20 Å². The predicted octanol–water partition coefficient (Wildman–Crippen LogP) is 3.35. The van der Waals surface area contributed by atoms with E-state index in [9.17, 15) is 0 Å². The van der Waals surface area contributed by atoms with E-state index in [-0.39, 0.29) is 0 Å². The zero-order valence-electron chi connectivity index (χ0n) is 10.3. The maximum atomic E-state index is 5.87. The van der Waals surface area contributed by atoms with Crippen molar-refractivity contribution in [2.45, 2.75) is 38.8 Å². The highest BCUT2D eigenvalue weighted by Crippen LogP contribution is 2.23. The second kappa shape index (κ2) is 5.69. The Hall–Kier alpha value is -0.800. The third kappa shape index (κ3) is 3.58. The molecule has 3 nitrogen and oxygen atoms in total. The van der Waals surface area contributed by atoms with Gasteiger partial charge in [0.1, 0.15) is 5.15 Å². The Bertz CT molecular complexity index is 370. The summed E-state index contributed by atoms with van der Waals surface area (Å²) in [5.41, 5.74) is 1.04. The van der Waals surface area contributed by atoms with Crippen LogP contribution in [-0.4, -0.2) is 23.7 Å². The van der Waals surface area contributed by atoms with Gasteiger partial charge in [-0.05, 0) is 30.9 Å². The van der Waals surface area contributed by atoms with Gasteiger partial charge < -0.3 is 10.1 Å². The number of nitrogens with one attached hydrogen (secondary N) is 1. The minimum atomic E-state index is 0.360. The SMILES string of the molecule is CC(C)C1CC(Nc2ccnc(Cl)c2)CCO1. The van der Waals surface area contributed by atoms with Crippen LogP contribution in [0.2, 0.25) is 5.15 Å². The Morgan fingerprint density at radius 1 is 1.53 bits per heavy atom. The largest absolute Gasteiger partial charge is 0.382 e. The van der Waals surface area contributed by atoms with E-state index in [0.29, 0.717) is 23.2 Å². The predicted molar refractivity (Wildman–Crippen MR) is 70.5 cm³/mol. The first-order chi connectivity index (χ1) is 8.15. The highest BCUT2D eigenvalue weighted by Gasteiger charge is 2.24. The first kappa shape index (κ1) is 12.7. The maximum Gasteiger partial charge on any atom is 0.131 e. The van der Waals surface area contributed by atoms with Crippen molar-refractivity contribution in [3.05, 3.63) is 23.5 Å². The molecule has 1 saturated heterocycles. The molecule has 1 N–H and O–H groups in total. The molecule has 0 radical (unpaired) electrons. The third-order valence-corrected chi connectivity index (χ3v) is 3.36. The monoisotopic (exact) mass is 254 g/mol. The number of aromatic nitrogens is 1. The van der Waals surface area contributed by atoms with Crippen molar-refractivity contribution in [1.29, 1.82) is 0 Å². The van der Waals surface area contributed by atoms with E-state index in [4.69, 9.17) is 16.3 Å². The molecule has 0 amide bonds. The van der Waals surface area contributed by atoms with Crippen LogP contribution >= 0.6 is 11.6 Å². The van der Waals surface area contributed by atoms with E-state index in [1.807, 2.05) is 12.1 Å². The Labute approximate surface area is 108 Å². The second-order valence-corrected chi connectivity index (χ2v) is 5.27. The van der Waals surface area contributed by atoms with Gasteiger partial charge in [-0.1, -0.05) is 25.4 Å². The number of hydrogen-bond acceptors (Lipinski definition) is 3. The lowest BCUT2D eigenvalue weighted by atomic mass is 9.95. The van der Waals surface area contributed by atoms with Crippen LogP contribution in [0.3, 0.4) is 0 Å². The standard InChI is InChI=1S/C13H19ClN2O/c1-9(2)12-7-11(4-6-17-12)16-10-3-5-15-13(14)8-10/h3,5,8-9,11-12H,4,6-7H2,1-2H3,(H,15,16). The van der Waals surface area contributed by atoms with E-state index >= 15 is 0 Å². The number of pyridine rings is 1. The number of anilines is 1. The highest BCUT2D eigenvalue weighted by molar-refractivity contribution is 6.29. The van der Waals surface area contributed by atoms with Crippen LogP contribution in [0.4, 0.5) is 5.69 Å². The molecule has 1 fully saturated rings. The lowest BCUT2D eigenvalue weighted by molar-refractivity contribution is -0.0160. The van der Waals surface area contributed by atoms with Gasteiger partial charge in [-0.15, -0.1) is 0 Å². The summed E-state index contributed by atoms with van der Waals surface area (Å²) in [4.78, 5) is 3.98. The summed E-state index contributed by atoms with van der Waals surface area (Å²) in [6.45, 7) is 5.24. The lowest BCUT2D eigenvalue weighted by Crippen LogP contribution is -2.36. The van der Waals surface area contributed by atoms with Gasteiger partial charge in [-0.2, -0.15) is 0 Å². The van der Waals surface area contributed by atoms with Gasteiger partial charge in [0.2, 0.25) is 0 Å². The maximum absolute atomic E-state index is 5.87. The van der Waals surface area contributed by atoms with Crippen LogP contribution in [0.1, 0.15) is 26.7 Å². The highest BCUT2D eigenvalue weighted by atomic mass is 35.5. The molecular weight excluding hydrogens is 236 g/mol. The Morgan fingerprint density at radius 2 is 2.35 bits per heavy atom. The van der Waals surface area contributed by atoms with Crippen LogP contribution < -0.4 is 5.32 Å². The quantitative estimate of drug-likeness (QED) is 0.840. The van der Waals surface area contributed by atoms with Gasteiger partial charge in [0.05, 0.1) is 6.10 Å². The zero-order valence-corrected chi connectivity index (χ0v) is 11.1. The number of nitrogens with zero attached hydrogens (tertiary/aromatic N) is 1. The number of rotatable bonds is 3. The summed E-state index contributed by atoms with van der Waals surface area (Å²) in [6, 6.07) is 4.28. The number of halogens is 1. The summed E-state index contributed by atoms with van der Waals surface area (Å²) in [6.07, 6.45) is 4.18. The zero-order chi connectivity index (χ0) is 12.3. The van der Waals surface area contributed by atoms with Crippen LogP contribution in [0, 0.1) is 5.92 Å². The molecule has 17 heavy (non-hydrogen) atoms. The molecule has 0 spiro atoms. The number of ether oxygens (including phenoxy) is 1. The first-order valence-electron chi connectivity index (χ1n) is 6.15. The molecule has 1 aliphatic heterocycles. The molecule has 94 valence electrons. The molecule has 1 aromatic rings. The number of hydrogen-bond donors (Lipinski definition) is 1. The van der Waals surface area contributed by atoms with Crippen molar-refractivity contribution >= 4 is 17.3 Å². The normalized spacial score (nSPS) is 24.9. The molecule has 1 aromatic heterocycles. The van der Waals surface area contributed by atoms with Crippen LogP contribution in [0.5, 0.6) is 0 Å². The molecule has 2 atom stereocenters. The minimum Gasteiger partial charge on any atom is -0.382 e. The van der Waals surface area contributed by atoms with E-state index in [0.717, 1.165) is 25.1 Å². The molecule has 0 aliphatic carbocycles. The summed E-state index contributed by atoms with van der Waals surface area (Å²) < 4.78 is 5.75. The molecule has 1 aliphatic rings. The van der Waals surface area contributed by atoms with Gasteiger partial charge in [-0.25, -0.2) is 4.98 Å². The summed E-state index contributed by atoms with van der Waals surface area (Å²) in [5, 5.41) is 4.03. The van der Waals surface area contributed by atoms with Crippen molar-refractivity contribution in [1.82, 2.24) is 4.98 Å². The first-order valence-corrected chi connectivity index (χ1v) is 6.52. The molecular formula is C13H19ClN2O. The smallest absolute Gasteiger partial charge is 0.131 e. The van der Waals surface area contributed by atoms with Crippen molar-refractivity contribution in [2.24, 2.45) is 5.92 Å². The molecule has 2 rings (SSSR count). The lowest BCUT2D eigenvalue weighted by Gasteiger charge is -2.32. The Morgan fingerprint density at radius 3 is 3.06 bits per heavy atom. The minimum absolute atomic E-state index is 0.360. The van der Waals surface area contributed by atoms with Crippen molar-refractivity contribution < 1.29 is 4.74 Å². The third-order valence-electron chi connectivity index (χ3n) is 3.16. The fourth-order valence-corrected chi connectivity index (χ4v) is 2.33.